The highest BCUT2D eigenvalue weighted by molar-refractivity contribution is 9.10. The van der Waals surface area contributed by atoms with Gasteiger partial charge in [0.15, 0.2) is 19.0 Å². The summed E-state index contributed by atoms with van der Waals surface area (Å²) in [5, 5.41) is 4.15. The standard InChI is InChI=1S/C12H10BrClN2O4/c1-7-15-11(20-16-7)5-19-12(17)6-18-10-3-2-8(14)4-9(10)13/h2-4H,5-6H2,1H3. The summed E-state index contributed by atoms with van der Waals surface area (Å²) in [5.41, 5.74) is 0. The molecule has 0 fully saturated rings. The SMILES string of the molecule is Cc1noc(COC(=O)COc2ccc(Cl)cc2Br)n1. The van der Waals surface area contributed by atoms with Gasteiger partial charge in [0.2, 0.25) is 0 Å². The van der Waals surface area contributed by atoms with Crippen molar-refractivity contribution in [1.82, 2.24) is 10.1 Å². The second kappa shape index (κ2) is 6.71. The number of hydrogen-bond acceptors (Lipinski definition) is 6. The molecule has 0 atom stereocenters. The molecule has 0 radical (unpaired) electrons. The number of nitrogens with zero attached hydrogens (tertiary/aromatic N) is 2. The molecule has 20 heavy (non-hydrogen) atoms. The molecule has 1 aromatic heterocycles. The lowest BCUT2D eigenvalue weighted by atomic mass is 10.3. The Morgan fingerprint density at radius 2 is 2.30 bits per heavy atom. The predicted octanol–water partition coefficient (Wildman–Crippen LogP) is 2.92. The second-order valence-corrected chi connectivity index (χ2v) is 5.05. The summed E-state index contributed by atoms with van der Waals surface area (Å²) in [6.07, 6.45) is 0. The van der Waals surface area contributed by atoms with Gasteiger partial charge in [0, 0.05) is 5.02 Å². The van der Waals surface area contributed by atoms with Gasteiger partial charge >= 0.3 is 5.97 Å². The maximum atomic E-state index is 11.5. The van der Waals surface area contributed by atoms with Gasteiger partial charge in [0.25, 0.3) is 5.89 Å². The average molecular weight is 362 g/mol. The third-order valence-corrected chi connectivity index (χ3v) is 3.02. The molecule has 1 heterocycles. The summed E-state index contributed by atoms with van der Waals surface area (Å²) in [6.45, 7) is 1.37. The molecule has 0 N–H and O–H groups in total. The van der Waals surface area contributed by atoms with Crippen LogP contribution in [0.25, 0.3) is 0 Å². The van der Waals surface area contributed by atoms with E-state index in [-0.39, 0.29) is 19.1 Å². The highest BCUT2D eigenvalue weighted by Gasteiger charge is 2.10. The zero-order chi connectivity index (χ0) is 14.5. The highest BCUT2D eigenvalue weighted by Crippen LogP contribution is 2.27. The smallest absolute Gasteiger partial charge is 0.344 e. The number of benzene rings is 1. The Hall–Kier alpha value is -1.60. The number of rotatable bonds is 5. The zero-order valence-electron chi connectivity index (χ0n) is 10.4. The number of carbonyl (C=O) groups excluding carboxylic acids is 1. The van der Waals surface area contributed by atoms with E-state index in [0.717, 1.165) is 0 Å². The van der Waals surface area contributed by atoms with Crippen molar-refractivity contribution in [3.05, 3.63) is 39.4 Å². The van der Waals surface area contributed by atoms with Gasteiger partial charge in [-0.3, -0.25) is 0 Å². The van der Waals surface area contributed by atoms with Crippen molar-refractivity contribution in [1.29, 1.82) is 0 Å². The van der Waals surface area contributed by atoms with Crippen molar-refractivity contribution in [3.8, 4) is 5.75 Å². The van der Waals surface area contributed by atoms with Gasteiger partial charge in [0.05, 0.1) is 4.47 Å². The molecular formula is C12H10BrClN2O4. The van der Waals surface area contributed by atoms with E-state index in [1.165, 1.54) is 0 Å². The minimum Gasteiger partial charge on any atom is -0.481 e. The Morgan fingerprint density at radius 1 is 1.50 bits per heavy atom. The highest BCUT2D eigenvalue weighted by atomic mass is 79.9. The molecule has 8 heteroatoms. The zero-order valence-corrected chi connectivity index (χ0v) is 12.8. The Bertz CT molecular complexity index is 617. The van der Waals surface area contributed by atoms with E-state index in [9.17, 15) is 4.79 Å². The summed E-state index contributed by atoms with van der Waals surface area (Å²) >= 11 is 9.08. The van der Waals surface area contributed by atoms with Crippen molar-refractivity contribution < 1.29 is 18.8 Å². The molecule has 6 nitrogen and oxygen atoms in total. The van der Waals surface area contributed by atoms with Crippen molar-refractivity contribution in [2.45, 2.75) is 13.5 Å². The largest absolute Gasteiger partial charge is 0.481 e. The first-order valence-corrected chi connectivity index (χ1v) is 6.74. The van der Waals surface area contributed by atoms with Crippen LogP contribution in [0.5, 0.6) is 5.75 Å². The van der Waals surface area contributed by atoms with Crippen molar-refractivity contribution >= 4 is 33.5 Å². The first-order valence-electron chi connectivity index (χ1n) is 5.57. The topological polar surface area (TPSA) is 74.5 Å². The van der Waals surface area contributed by atoms with Crippen LogP contribution in [0.15, 0.2) is 27.2 Å². The minimum absolute atomic E-state index is 0.0786. The normalized spacial score (nSPS) is 10.3. The first-order chi connectivity index (χ1) is 9.54. The molecule has 0 amide bonds. The Labute approximate surface area is 128 Å². The fourth-order valence-corrected chi connectivity index (χ4v) is 2.11. The van der Waals surface area contributed by atoms with Gasteiger partial charge in [-0.2, -0.15) is 4.98 Å². The summed E-state index contributed by atoms with van der Waals surface area (Å²) in [5.74, 6) is 0.684. The van der Waals surface area contributed by atoms with Crippen molar-refractivity contribution in [2.75, 3.05) is 6.61 Å². The molecule has 1 aromatic carbocycles. The summed E-state index contributed by atoms with van der Waals surface area (Å²) in [6, 6.07) is 4.98. The minimum atomic E-state index is -0.539. The van der Waals surface area contributed by atoms with E-state index in [2.05, 4.69) is 26.1 Å². The van der Waals surface area contributed by atoms with Crippen molar-refractivity contribution in [2.24, 2.45) is 0 Å². The maximum Gasteiger partial charge on any atom is 0.344 e. The average Bonchev–Trinajstić information content (AvgIpc) is 2.81. The number of ether oxygens (including phenoxy) is 2. The third-order valence-electron chi connectivity index (χ3n) is 2.17. The van der Waals surface area contributed by atoms with Crippen LogP contribution in [0, 0.1) is 6.92 Å². The van der Waals surface area contributed by atoms with Gasteiger partial charge in [0.1, 0.15) is 5.75 Å². The monoisotopic (exact) mass is 360 g/mol. The van der Waals surface area contributed by atoms with E-state index in [1.54, 1.807) is 25.1 Å². The van der Waals surface area contributed by atoms with E-state index in [1.807, 2.05) is 0 Å². The van der Waals surface area contributed by atoms with E-state index in [4.69, 9.17) is 25.6 Å². The number of halogens is 2. The van der Waals surface area contributed by atoms with Crippen LogP contribution in [0.4, 0.5) is 0 Å². The Morgan fingerprint density at radius 3 is 2.95 bits per heavy atom. The van der Waals surface area contributed by atoms with E-state index >= 15 is 0 Å². The quantitative estimate of drug-likeness (QED) is 0.762. The van der Waals surface area contributed by atoms with Gasteiger partial charge < -0.3 is 14.0 Å². The van der Waals surface area contributed by atoms with E-state index in [0.29, 0.717) is 21.1 Å². The molecule has 0 saturated carbocycles. The molecule has 0 spiro atoms. The Balaban J connectivity index is 1.80. The number of carbonyl (C=O) groups is 1. The maximum absolute atomic E-state index is 11.5. The molecular weight excluding hydrogens is 351 g/mol. The molecule has 0 bridgehead atoms. The van der Waals surface area contributed by atoms with Crippen LogP contribution in [-0.4, -0.2) is 22.7 Å². The lowest BCUT2D eigenvalue weighted by Gasteiger charge is -2.07. The van der Waals surface area contributed by atoms with Crippen LogP contribution in [0.2, 0.25) is 5.02 Å². The summed E-state index contributed by atoms with van der Waals surface area (Å²) in [4.78, 5) is 15.4. The number of aryl methyl sites for hydroxylation is 1. The van der Waals surface area contributed by atoms with Crippen LogP contribution < -0.4 is 4.74 Å². The van der Waals surface area contributed by atoms with E-state index < -0.39 is 5.97 Å². The summed E-state index contributed by atoms with van der Waals surface area (Å²) in [7, 11) is 0. The molecule has 0 aliphatic heterocycles. The fourth-order valence-electron chi connectivity index (χ4n) is 1.31. The molecule has 106 valence electrons. The second-order valence-electron chi connectivity index (χ2n) is 3.76. The van der Waals surface area contributed by atoms with Gasteiger partial charge in [-0.05, 0) is 41.1 Å². The Kier molecular flexibility index (Phi) is 4.97. The van der Waals surface area contributed by atoms with Gasteiger partial charge in [-0.15, -0.1) is 0 Å². The van der Waals surface area contributed by atoms with Gasteiger partial charge in [-0.25, -0.2) is 4.79 Å². The predicted molar refractivity (Wildman–Crippen MR) is 73.5 cm³/mol. The molecule has 0 aliphatic rings. The van der Waals surface area contributed by atoms with Crippen LogP contribution in [-0.2, 0) is 16.1 Å². The lowest BCUT2D eigenvalue weighted by molar-refractivity contribution is -0.148. The lowest BCUT2D eigenvalue weighted by Crippen LogP contribution is -2.15. The summed E-state index contributed by atoms with van der Waals surface area (Å²) < 4.78 is 15.7. The third kappa shape index (κ3) is 4.21. The number of aromatic nitrogens is 2. The van der Waals surface area contributed by atoms with Crippen LogP contribution >= 0.6 is 27.5 Å². The number of esters is 1. The van der Waals surface area contributed by atoms with Crippen LogP contribution in [0.1, 0.15) is 11.7 Å². The van der Waals surface area contributed by atoms with Crippen LogP contribution in [0.3, 0.4) is 0 Å². The van der Waals surface area contributed by atoms with Gasteiger partial charge in [-0.1, -0.05) is 16.8 Å². The molecule has 0 unspecified atom stereocenters. The first kappa shape index (κ1) is 14.8. The molecule has 2 rings (SSSR count). The molecule has 0 aliphatic carbocycles. The molecule has 0 saturated heterocycles. The van der Waals surface area contributed by atoms with Crippen molar-refractivity contribution in [3.63, 3.8) is 0 Å². The fraction of sp³-hybridized carbons (Fsp3) is 0.250. The molecule has 2 aromatic rings. The number of hydrogen-bond donors (Lipinski definition) is 0.